The van der Waals surface area contributed by atoms with Gasteiger partial charge in [-0.3, -0.25) is 0 Å². The van der Waals surface area contributed by atoms with Gasteiger partial charge >= 0.3 is 5.97 Å². The van der Waals surface area contributed by atoms with E-state index in [1.807, 2.05) is 37.4 Å². The normalized spacial score (nSPS) is 27.8. The largest absolute Gasteiger partial charge is 0.464 e. The number of carbonyl (C=O) groups excluding carboxylic acids is 1. The van der Waals surface area contributed by atoms with E-state index in [0.717, 1.165) is 0 Å². The Morgan fingerprint density at radius 2 is 2.42 bits per heavy atom. The molecular formula is C8H13NO2S. The molecule has 1 heterocycles. The van der Waals surface area contributed by atoms with Gasteiger partial charge in [0.2, 0.25) is 0 Å². The number of likely N-dealkylation sites (N-methyl/N-ethyl adjacent to an activating group) is 1. The third-order valence-electron chi connectivity index (χ3n) is 1.91. The highest BCUT2D eigenvalue weighted by Crippen LogP contribution is 2.36. The van der Waals surface area contributed by atoms with Crippen molar-refractivity contribution in [1.29, 1.82) is 0 Å². The van der Waals surface area contributed by atoms with E-state index in [1.165, 1.54) is 11.8 Å². The monoisotopic (exact) mass is 187 g/mol. The Balaban J connectivity index is 2.66. The van der Waals surface area contributed by atoms with Crippen molar-refractivity contribution in [1.82, 2.24) is 4.90 Å². The van der Waals surface area contributed by atoms with Gasteiger partial charge in [0.25, 0.3) is 0 Å². The summed E-state index contributed by atoms with van der Waals surface area (Å²) in [5.41, 5.74) is 0. The van der Waals surface area contributed by atoms with E-state index in [9.17, 15) is 4.79 Å². The molecule has 0 N–H and O–H groups in total. The van der Waals surface area contributed by atoms with Crippen molar-refractivity contribution in [2.24, 2.45) is 0 Å². The Hall–Kier alpha value is -0.640. The standard InChI is InChI=1S/C8H13NO2S/c1-4-11-7(10)8(2)9(3)5-6-12-8/h5-6H,4H2,1-3H3. The molecule has 0 saturated carbocycles. The fourth-order valence-corrected chi connectivity index (χ4v) is 1.83. The summed E-state index contributed by atoms with van der Waals surface area (Å²) in [5, 5.41) is 1.90. The molecule has 0 spiro atoms. The molecule has 68 valence electrons. The molecular weight excluding hydrogens is 174 g/mol. The maximum Gasteiger partial charge on any atom is 0.342 e. The minimum atomic E-state index is -0.560. The molecule has 0 aromatic carbocycles. The number of carbonyl (C=O) groups is 1. The molecule has 0 saturated heterocycles. The Morgan fingerprint density at radius 1 is 1.75 bits per heavy atom. The lowest BCUT2D eigenvalue weighted by atomic mass is 10.3. The summed E-state index contributed by atoms with van der Waals surface area (Å²) < 4.78 is 4.96. The van der Waals surface area contributed by atoms with Crippen LogP contribution in [0.15, 0.2) is 11.6 Å². The first kappa shape index (κ1) is 9.45. The molecule has 1 unspecified atom stereocenters. The number of ether oxygens (including phenoxy) is 1. The Kier molecular flexibility index (Phi) is 2.67. The molecule has 1 atom stereocenters. The van der Waals surface area contributed by atoms with Gasteiger partial charge in [-0.05, 0) is 19.3 Å². The SMILES string of the molecule is CCOC(=O)C1(C)SC=CN1C. The van der Waals surface area contributed by atoms with Gasteiger partial charge in [-0.25, -0.2) is 4.79 Å². The van der Waals surface area contributed by atoms with Crippen molar-refractivity contribution < 1.29 is 9.53 Å². The molecule has 12 heavy (non-hydrogen) atoms. The van der Waals surface area contributed by atoms with Crippen LogP contribution in [0.4, 0.5) is 0 Å². The molecule has 0 aliphatic carbocycles. The number of nitrogens with zero attached hydrogens (tertiary/aromatic N) is 1. The van der Waals surface area contributed by atoms with Gasteiger partial charge in [-0.15, -0.1) is 0 Å². The maximum absolute atomic E-state index is 11.5. The number of hydrogen-bond donors (Lipinski definition) is 0. The summed E-state index contributed by atoms with van der Waals surface area (Å²) >= 11 is 1.47. The Morgan fingerprint density at radius 3 is 2.83 bits per heavy atom. The van der Waals surface area contributed by atoms with Crippen LogP contribution >= 0.6 is 11.8 Å². The van der Waals surface area contributed by atoms with Gasteiger partial charge in [0, 0.05) is 13.2 Å². The molecule has 1 rings (SSSR count). The van der Waals surface area contributed by atoms with Crippen LogP contribution in [0.5, 0.6) is 0 Å². The number of esters is 1. The number of hydrogen-bond acceptors (Lipinski definition) is 4. The highest BCUT2D eigenvalue weighted by Gasteiger charge is 2.40. The van der Waals surface area contributed by atoms with Crippen LogP contribution in [-0.4, -0.2) is 29.4 Å². The molecule has 0 aromatic rings. The summed E-state index contributed by atoms with van der Waals surface area (Å²) in [4.78, 5) is 12.8. The van der Waals surface area contributed by atoms with Crippen molar-refractivity contribution >= 4 is 17.7 Å². The molecule has 1 aliphatic rings. The number of rotatable bonds is 2. The topological polar surface area (TPSA) is 29.5 Å². The third-order valence-corrected chi connectivity index (χ3v) is 3.08. The van der Waals surface area contributed by atoms with E-state index in [1.54, 1.807) is 0 Å². The highest BCUT2D eigenvalue weighted by atomic mass is 32.2. The first-order valence-electron chi connectivity index (χ1n) is 3.86. The van der Waals surface area contributed by atoms with E-state index in [2.05, 4.69) is 0 Å². The van der Waals surface area contributed by atoms with Crippen LogP contribution < -0.4 is 0 Å². The summed E-state index contributed by atoms with van der Waals surface area (Å²) in [7, 11) is 1.87. The second-order valence-electron chi connectivity index (χ2n) is 2.72. The second-order valence-corrected chi connectivity index (χ2v) is 4.02. The minimum absolute atomic E-state index is 0.178. The van der Waals surface area contributed by atoms with Crippen LogP contribution in [0, 0.1) is 0 Å². The van der Waals surface area contributed by atoms with Crippen LogP contribution in [0.2, 0.25) is 0 Å². The van der Waals surface area contributed by atoms with Crippen molar-refractivity contribution in [3.63, 3.8) is 0 Å². The van der Waals surface area contributed by atoms with E-state index >= 15 is 0 Å². The average Bonchev–Trinajstić information content (AvgIpc) is 2.34. The molecule has 1 aliphatic heterocycles. The van der Waals surface area contributed by atoms with Gasteiger partial charge in [0.1, 0.15) is 0 Å². The van der Waals surface area contributed by atoms with Gasteiger partial charge < -0.3 is 9.64 Å². The van der Waals surface area contributed by atoms with E-state index < -0.39 is 4.87 Å². The van der Waals surface area contributed by atoms with Gasteiger partial charge in [0.15, 0.2) is 4.87 Å². The zero-order valence-corrected chi connectivity index (χ0v) is 8.35. The smallest absolute Gasteiger partial charge is 0.342 e. The molecule has 0 fully saturated rings. The van der Waals surface area contributed by atoms with Crippen molar-refractivity contribution in [3.8, 4) is 0 Å². The van der Waals surface area contributed by atoms with Crippen molar-refractivity contribution in [3.05, 3.63) is 11.6 Å². The Labute approximate surface area is 76.8 Å². The summed E-state index contributed by atoms with van der Waals surface area (Å²) in [6.45, 7) is 4.10. The van der Waals surface area contributed by atoms with Crippen LogP contribution in [-0.2, 0) is 9.53 Å². The van der Waals surface area contributed by atoms with Crippen LogP contribution in [0.1, 0.15) is 13.8 Å². The van der Waals surface area contributed by atoms with Gasteiger partial charge in [-0.2, -0.15) is 0 Å². The average molecular weight is 187 g/mol. The molecule has 0 radical (unpaired) electrons. The van der Waals surface area contributed by atoms with Crippen molar-refractivity contribution in [2.75, 3.05) is 13.7 Å². The van der Waals surface area contributed by atoms with E-state index in [4.69, 9.17) is 4.74 Å². The third kappa shape index (κ3) is 1.43. The second kappa shape index (κ2) is 3.39. The lowest BCUT2D eigenvalue weighted by Gasteiger charge is -2.29. The summed E-state index contributed by atoms with van der Waals surface area (Å²) in [6.07, 6.45) is 1.88. The molecule has 3 nitrogen and oxygen atoms in total. The fraction of sp³-hybridized carbons (Fsp3) is 0.625. The molecule has 0 aromatic heterocycles. The first-order valence-corrected chi connectivity index (χ1v) is 4.74. The predicted octanol–water partition coefficient (Wildman–Crippen LogP) is 1.42. The van der Waals surface area contributed by atoms with Crippen molar-refractivity contribution in [2.45, 2.75) is 18.7 Å². The maximum atomic E-state index is 11.5. The van der Waals surface area contributed by atoms with E-state index in [0.29, 0.717) is 6.61 Å². The van der Waals surface area contributed by atoms with Gasteiger partial charge in [0.05, 0.1) is 6.61 Å². The predicted molar refractivity (Wildman–Crippen MR) is 49.5 cm³/mol. The quantitative estimate of drug-likeness (QED) is 0.611. The Bertz CT molecular complexity index is 217. The summed E-state index contributed by atoms with van der Waals surface area (Å²) in [5.74, 6) is -0.178. The zero-order chi connectivity index (χ0) is 9.19. The summed E-state index contributed by atoms with van der Waals surface area (Å²) in [6, 6.07) is 0. The zero-order valence-electron chi connectivity index (χ0n) is 7.53. The van der Waals surface area contributed by atoms with Crippen LogP contribution in [0.3, 0.4) is 0 Å². The lowest BCUT2D eigenvalue weighted by molar-refractivity contribution is -0.149. The molecule has 0 bridgehead atoms. The first-order chi connectivity index (χ1) is 5.61. The molecule has 4 heteroatoms. The number of thioether (sulfide) groups is 1. The minimum Gasteiger partial charge on any atom is -0.464 e. The highest BCUT2D eigenvalue weighted by molar-refractivity contribution is 8.04. The van der Waals surface area contributed by atoms with Gasteiger partial charge in [-0.1, -0.05) is 11.8 Å². The lowest BCUT2D eigenvalue weighted by Crippen LogP contribution is -2.43. The van der Waals surface area contributed by atoms with E-state index in [-0.39, 0.29) is 5.97 Å². The molecule has 0 amide bonds. The van der Waals surface area contributed by atoms with Crippen LogP contribution in [0.25, 0.3) is 0 Å². The fourth-order valence-electron chi connectivity index (χ4n) is 0.937.